The first-order valence-electron chi connectivity index (χ1n) is 6.65. The van der Waals surface area contributed by atoms with Crippen molar-refractivity contribution in [2.45, 2.75) is 51.0 Å². The fourth-order valence-corrected chi connectivity index (χ4v) is 3.17. The minimum Gasteiger partial charge on any atom is -0.762 e. The van der Waals surface area contributed by atoms with E-state index in [0.717, 1.165) is 25.8 Å². The summed E-state index contributed by atoms with van der Waals surface area (Å²) in [6.45, 7) is 3.35. The molecule has 0 radical (unpaired) electrons. The van der Waals surface area contributed by atoms with Crippen molar-refractivity contribution in [1.29, 1.82) is 0 Å². The van der Waals surface area contributed by atoms with Gasteiger partial charge in [-0.25, -0.2) is 0 Å². The van der Waals surface area contributed by atoms with Gasteiger partial charge in [-0.1, -0.05) is 19.3 Å². The van der Waals surface area contributed by atoms with E-state index in [4.69, 9.17) is 5.21 Å². The lowest BCUT2D eigenvalue weighted by Crippen LogP contribution is -2.44. The summed E-state index contributed by atoms with van der Waals surface area (Å²) >= 11 is 0. The second kappa shape index (κ2) is 5.96. The zero-order valence-electron chi connectivity index (χ0n) is 9.98. The van der Waals surface area contributed by atoms with E-state index in [0.29, 0.717) is 5.92 Å². The van der Waals surface area contributed by atoms with Gasteiger partial charge in [0.15, 0.2) is 0 Å². The van der Waals surface area contributed by atoms with Crippen LogP contribution in [0, 0.1) is 11.1 Å². The molecule has 94 valence electrons. The fourth-order valence-electron chi connectivity index (χ4n) is 3.17. The highest BCUT2D eigenvalue weighted by Gasteiger charge is 2.27. The van der Waals surface area contributed by atoms with Crippen molar-refractivity contribution in [3.63, 3.8) is 0 Å². The Morgan fingerprint density at radius 3 is 2.44 bits per heavy atom. The van der Waals surface area contributed by atoms with E-state index in [1.54, 1.807) is 0 Å². The third kappa shape index (κ3) is 3.17. The minimum absolute atomic E-state index is 0.157. The molecule has 1 aliphatic carbocycles. The molecular formula is C12H23N2O2-. The Bertz CT molecular complexity index is 205. The lowest BCUT2D eigenvalue weighted by Gasteiger charge is -2.42. The van der Waals surface area contributed by atoms with E-state index in [1.165, 1.54) is 38.8 Å². The van der Waals surface area contributed by atoms with Crippen molar-refractivity contribution in [2.75, 3.05) is 19.6 Å². The second-order valence-corrected chi connectivity index (χ2v) is 5.28. The van der Waals surface area contributed by atoms with Gasteiger partial charge >= 0.3 is 0 Å². The van der Waals surface area contributed by atoms with Crippen LogP contribution >= 0.6 is 0 Å². The minimum atomic E-state index is -0.157. The largest absolute Gasteiger partial charge is 0.762 e. The first kappa shape index (κ1) is 12.3. The Labute approximate surface area is 97.8 Å². The lowest BCUT2D eigenvalue weighted by molar-refractivity contribution is -0.110. The lowest BCUT2D eigenvalue weighted by atomic mass is 9.84. The summed E-state index contributed by atoms with van der Waals surface area (Å²) in [5.41, 5.74) is 0. The van der Waals surface area contributed by atoms with Crippen molar-refractivity contribution in [3.05, 3.63) is 5.21 Å². The molecule has 2 fully saturated rings. The molecule has 0 spiro atoms. The highest BCUT2D eigenvalue weighted by molar-refractivity contribution is 4.83. The maximum absolute atomic E-state index is 11.1. The number of likely N-dealkylation sites (tertiary alicyclic amines) is 1. The topological polar surface area (TPSA) is 49.8 Å². The molecule has 16 heavy (non-hydrogen) atoms. The Balaban J connectivity index is 1.85. The van der Waals surface area contributed by atoms with Crippen LogP contribution in [0.2, 0.25) is 0 Å². The van der Waals surface area contributed by atoms with E-state index in [1.807, 2.05) is 0 Å². The normalized spacial score (nSPS) is 33.2. The maximum Gasteiger partial charge on any atom is 0.0257 e. The molecule has 2 rings (SSSR count). The molecule has 2 unspecified atom stereocenters. The third-order valence-electron chi connectivity index (χ3n) is 4.09. The van der Waals surface area contributed by atoms with Gasteiger partial charge in [0.2, 0.25) is 0 Å². The molecule has 0 aromatic heterocycles. The van der Waals surface area contributed by atoms with E-state index in [-0.39, 0.29) is 11.3 Å². The molecule has 1 heterocycles. The van der Waals surface area contributed by atoms with E-state index in [2.05, 4.69) is 4.90 Å². The van der Waals surface area contributed by atoms with Crippen LogP contribution in [0.5, 0.6) is 0 Å². The van der Waals surface area contributed by atoms with Crippen LogP contribution in [-0.2, 0) is 0 Å². The number of nitrogens with zero attached hydrogens (tertiary/aromatic N) is 2. The Hall–Kier alpha value is -0.160. The van der Waals surface area contributed by atoms with Crippen LogP contribution in [0.25, 0.3) is 0 Å². The first-order chi connectivity index (χ1) is 7.77. The summed E-state index contributed by atoms with van der Waals surface area (Å²) in [6, 6.07) is -0.157. The van der Waals surface area contributed by atoms with Crippen LogP contribution < -0.4 is 0 Å². The van der Waals surface area contributed by atoms with Gasteiger partial charge in [0.25, 0.3) is 0 Å². The highest BCUT2D eigenvalue weighted by atomic mass is 16.8. The molecule has 0 amide bonds. The summed E-state index contributed by atoms with van der Waals surface area (Å²) in [7, 11) is 0. The molecule has 4 nitrogen and oxygen atoms in total. The summed E-state index contributed by atoms with van der Waals surface area (Å²) in [5, 5.41) is 20.5. The molecule has 0 aromatic rings. The maximum atomic E-state index is 11.1. The van der Waals surface area contributed by atoms with Gasteiger partial charge in [-0.05, 0) is 44.7 Å². The number of hydrogen-bond acceptors (Lipinski definition) is 4. The molecule has 0 aromatic carbocycles. The van der Waals surface area contributed by atoms with Gasteiger partial charge in [0.1, 0.15) is 0 Å². The summed E-state index contributed by atoms with van der Waals surface area (Å²) in [5.74, 6) is 0.370. The molecule has 1 saturated carbocycles. The van der Waals surface area contributed by atoms with Crippen molar-refractivity contribution in [2.24, 2.45) is 5.92 Å². The standard InChI is InChI=1S/C12H23N2O2/c15-14(16)12-7-3-2-6-11(12)10-13-8-4-1-5-9-13/h11-12,15H,1-10H2/q-1. The monoisotopic (exact) mass is 227 g/mol. The van der Waals surface area contributed by atoms with Gasteiger partial charge < -0.3 is 15.3 Å². The van der Waals surface area contributed by atoms with Gasteiger partial charge in [0, 0.05) is 12.6 Å². The van der Waals surface area contributed by atoms with Crippen molar-refractivity contribution in [1.82, 2.24) is 10.1 Å². The number of rotatable bonds is 3. The smallest absolute Gasteiger partial charge is 0.0257 e. The number of hydroxylamine groups is 2. The van der Waals surface area contributed by atoms with Gasteiger partial charge in [-0.15, -0.1) is 0 Å². The van der Waals surface area contributed by atoms with E-state index < -0.39 is 0 Å². The molecule has 1 aliphatic heterocycles. The van der Waals surface area contributed by atoms with Crippen LogP contribution in [0.15, 0.2) is 0 Å². The van der Waals surface area contributed by atoms with Crippen LogP contribution in [0.1, 0.15) is 44.9 Å². The molecule has 0 bridgehead atoms. The zero-order chi connectivity index (χ0) is 11.4. The third-order valence-corrected chi connectivity index (χ3v) is 4.09. The molecule has 1 saturated heterocycles. The van der Waals surface area contributed by atoms with Crippen LogP contribution in [-0.4, -0.2) is 41.0 Å². The van der Waals surface area contributed by atoms with Gasteiger partial charge in [-0.3, -0.25) is 5.23 Å². The Morgan fingerprint density at radius 2 is 1.75 bits per heavy atom. The van der Waals surface area contributed by atoms with Crippen molar-refractivity contribution >= 4 is 0 Å². The predicted molar refractivity (Wildman–Crippen MR) is 63.0 cm³/mol. The average Bonchev–Trinajstić information content (AvgIpc) is 2.31. The van der Waals surface area contributed by atoms with Gasteiger partial charge in [-0.2, -0.15) is 0 Å². The summed E-state index contributed by atoms with van der Waals surface area (Å²) in [6.07, 6.45) is 8.18. The molecule has 1 N–H and O–H groups in total. The van der Waals surface area contributed by atoms with Crippen molar-refractivity contribution in [3.8, 4) is 0 Å². The van der Waals surface area contributed by atoms with Gasteiger partial charge in [0.05, 0.1) is 0 Å². The predicted octanol–water partition coefficient (Wildman–Crippen LogP) is 2.22. The fraction of sp³-hybridized carbons (Fsp3) is 1.00. The Morgan fingerprint density at radius 1 is 1.06 bits per heavy atom. The molecular weight excluding hydrogens is 204 g/mol. The highest BCUT2D eigenvalue weighted by Crippen LogP contribution is 2.28. The van der Waals surface area contributed by atoms with E-state index >= 15 is 0 Å². The van der Waals surface area contributed by atoms with Crippen molar-refractivity contribution < 1.29 is 5.21 Å². The quantitative estimate of drug-likeness (QED) is 0.751. The number of hydrogen-bond donors (Lipinski definition) is 1. The first-order valence-corrected chi connectivity index (χ1v) is 6.65. The van der Waals surface area contributed by atoms with Crippen LogP contribution in [0.3, 0.4) is 0 Å². The van der Waals surface area contributed by atoms with Crippen LogP contribution in [0.4, 0.5) is 0 Å². The SMILES string of the molecule is [O-]N(O)C1CCCCC1CN1CCCCC1. The zero-order valence-corrected chi connectivity index (χ0v) is 9.98. The summed E-state index contributed by atoms with van der Waals surface area (Å²) < 4.78 is 0. The molecule has 2 atom stereocenters. The number of piperidine rings is 1. The second-order valence-electron chi connectivity index (χ2n) is 5.28. The van der Waals surface area contributed by atoms with E-state index in [9.17, 15) is 5.21 Å². The Kier molecular flexibility index (Phi) is 4.58. The average molecular weight is 227 g/mol. The summed E-state index contributed by atoms with van der Waals surface area (Å²) in [4.78, 5) is 2.47. The molecule has 2 aliphatic rings. The molecule has 4 heteroatoms.